The van der Waals surface area contributed by atoms with E-state index >= 15 is 0 Å². The zero-order valence-corrected chi connectivity index (χ0v) is 51.2. The number of carbonyl (C=O) groups is 4. The summed E-state index contributed by atoms with van der Waals surface area (Å²) >= 11 is 1.38. The number of hydrogen-bond acceptors (Lipinski definition) is 20. The Morgan fingerprint density at radius 2 is 1.52 bits per heavy atom. The first kappa shape index (κ1) is 64.0. The second-order valence-corrected chi connectivity index (χ2v) is 26.0. The minimum Gasteiger partial charge on any atom is -0.479 e. The Labute approximate surface area is 523 Å². The van der Waals surface area contributed by atoms with E-state index in [0.717, 1.165) is 60.0 Å². The lowest BCUT2D eigenvalue weighted by molar-refractivity contribution is -0.271. The molecule has 90 heavy (non-hydrogen) atoms. The lowest BCUT2D eigenvalue weighted by Crippen LogP contribution is -2.64. The predicted octanol–water partition coefficient (Wildman–Crippen LogP) is 7.30. The number of thiazole rings is 1. The number of aryl methyl sites for hydroxylation is 1. The Morgan fingerprint density at radius 3 is 2.27 bits per heavy atom. The van der Waals surface area contributed by atoms with Gasteiger partial charge in [-0.2, -0.15) is 5.10 Å². The van der Waals surface area contributed by atoms with Gasteiger partial charge in [0, 0.05) is 71.3 Å². The molecule has 9 N–H and O–H groups in total. The summed E-state index contributed by atoms with van der Waals surface area (Å²) < 4.78 is 43.4. The van der Waals surface area contributed by atoms with E-state index in [1.54, 1.807) is 60.9 Å². The first-order chi connectivity index (χ1) is 43.2. The van der Waals surface area contributed by atoms with Crippen molar-refractivity contribution in [2.45, 2.75) is 122 Å². The van der Waals surface area contributed by atoms with Gasteiger partial charge in [0.25, 0.3) is 5.91 Å². The van der Waals surface area contributed by atoms with Crippen LogP contribution in [0.25, 0.3) is 43.5 Å². The van der Waals surface area contributed by atoms with Crippen molar-refractivity contribution < 1.29 is 77.9 Å². The van der Waals surface area contributed by atoms with Crippen LogP contribution in [0.15, 0.2) is 91.3 Å². The molecule has 5 fully saturated rings. The van der Waals surface area contributed by atoms with Gasteiger partial charge in [-0.3, -0.25) is 19.8 Å². The number of aromatic carboxylic acids is 1. The highest BCUT2D eigenvalue weighted by atomic mass is 32.1. The minimum atomic E-state index is -1.91. The van der Waals surface area contributed by atoms with Crippen LogP contribution in [0.5, 0.6) is 5.75 Å². The molecule has 1 aliphatic heterocycles. The van der Waals surface area contributed by atoms with Gasteiger partial charge in [0.05, 0.1) is 72.9 Å². The third-order valence-electron chi connectivity index (χ3n) is 17.5. The molecule has 25 heteroatoms. The molecule has 4 bridgehead atoms. The van der Waals surface area contributed by atoms with Crippen LogP contribution < -0.4 is 21.1 Å². The molecule has 0 spiro atoms. The molecule has 5 heterocycles. The Morgan fingerprint density at radius 1 is 0.778 bits per heavy atom. The standard InChI is InChI=1S/C65H76N8O16S/c1-38-45(42-14-15-46(70-51(42)57(78)79)40-27-44-43(9-6-11-47(44)68-28-40)56(77)72-60-71-48-10-4-5-12-50(48)90-60)29-69-73(38)37-64-32-62(2)31-63(3,33-64)35-65(34-62,36-64)87-21-18-67-61(82)86-30-41-26-39(8-7-19-83-22-24-85-25-23-84-20-17-66)13-16-49(41)88-59-54(76)52(74)53(75)55(89-59)58(80)81/h4-6,9-16,26-29,52-55,59,74-76H,7-8,17-25,30-37,66H2,1-3H3,(H,67,82)(H,78,79)(H,80,81)(H,71,72,77)/t52-,53-,54+,55-,59?,62?,63?,64?,65?/m0/s1. The van der Waals surface area contributed by atoms with Crippen molar-refractivity contribution in [3.8, 4) is 28.1 Å². The predicted molar refractivity (Wildman–Crippen MR) is 330 cm³/mol. The number of fused-ring (bicyclic) bond motifs is 2. The highest BCUT2D eigenvalue weighted by Crippen LogP contribution is 2.72. The van der Waals surface area contributed by atoms with Crippen molar-refractivity contribution in [2.24, 2.45) is 22.0 Å². The third kappa shape index (κ3) is 14.3. The second-order valence-electron chi connectivity index (χ2n) is 25.0. The number of aromatic nitrogens is 5. The Bertz CT molecular complexity index is 3720. The van der Waals surface area contributed by atoms with Gasteiger partial charge < -0.3 is 69.7 Å². The number of rotatable bonds is 28. The fourth-order valence-corrected chi connectivity index (χ4v) is 15.7. The van der Waals surface area contributed by atoms with Crippen LogP contribution in [0.3, 0.4) is 0 Å². The number of hydrogen-bond donors (Lipinski definition) is 8. The van der Waals surface area contributed by atoms with E-state index in [9.17, 15) is 44.7 Å². The molecule has 7 atom stereocenters. The van der Waals surface area contributed by atoms with Crippen molar-refractivity contribution in [3.05, 3.63) is 119 Å². The number of anilines is 1. The normalized spacial score (nSPS) is 25.2. The zero-order valence-electron chi connectivity index (χ0n) is 50.4. The molecule has 1 saturated heterocycles. The van der Waals surface area contributed by atoms with Crippen molar-refractivity contribution in [1.82, 2.24) is 30.0 Å². The van der Waals surface area contributed by atoms with E-state index in [2.05, 4.69) is 34.4 Å². The van der Waals surface area contributed by atoms with Crippen LogP contribution >= 0.6 is 11.3 Å². The highest BCUT2D eigenvalue weighted by molar-refractivity contribution is 7.22. The molecular formula is C65H76N8O16S. The molecule has 3 aromatic carbocycles. The molecule has 478 valence electrons. The van der Waals surface area contributed by atoms with Crippen molar-refractivity contribution in [3.63, 3.8) is 0 Å². The molecule has 4 saturated carbocycles. The topological polar surface area (TPSA) is 341 Å². The van der Waals surface area contributed by atoms with E-state index in [1.807, 2.05) is 41.9 Å². The van der Waals surface area contributed by atoms with Crippen LogP contribution in [-0.4, -0.2) is 170 Å². The molecule has 4 aliphatic carbocycles. The van der Waals surface area contributed by atoms with E-state index in [4.69, 9.17) is 49.0 Å². The van der Waals surface area contributed by atoms with Gasteiger partial charge in [-0.05, 0) is 135 Å². The third-order valence-corrected chi connectivity index (χ3v) is 18.4. The number of nitrogens with two attached hydrogens (primary N) is 1. The lowest BCUT2D eigenvalue weighted by atomic mass is 9.39. The fraction of sp³-hybridized carbons (Fsp3) is 0.477. The van der Waals surface area contributed by atoms with Crippen LogP contribution in [0.2, 0.25) is 0 Å². The molecule has 24 nitrogen and oxygen atoms in total. The van der Waals surface area contributed by atoms with Gasteiger partial charge in [-0.1, -0.05) is 49.4 Å². The largest absolute Gasteiger partial charge is 0.479 e. The van der Waals surface area contributed by atoms with Crippen LogP contribution in [0.1, 0.15) is 96.5 Å². The quantitative estimate of drug-likeness (QED) is 0.0223. The van der Waals surface area contributed by atoms with Crippen molar-refractivity contribution >= 4 is 61.5 Å². The maximum absolute atomic E-state index is 13.7. The number of benzene rings is 3. The average Bonchev–Trinajstić information content (AvgIpc) is 0.738. The lowest BCUT2D eigenvalue weighted by Gasteiger charge is -2.69. The van der Waals surface area contributed by atoms with Gasteiger partial charge in [0.2, 0.25) is 6.29 Å². The number of nitrogens with one attached hydrogen (secondary N) is 2. The molecule has 4 aromatic heterocycles. The summed E-state index contributed by atoms with van der Waals surface area (Å²) in [6.07, 6.45) is 0.0342. The summed E-state index contributed by atoms with van der Waals surface area (Å²) in [5, 5.41) is 63.5. The Hall–Kier alpha value is -7.56. The van der Waals surface area contributed by atoms with E-state index in [0.29, 0.717) is 115 Å². The number of amides is 2. The van der Waals surface area contributed by atoms with Crippen LogP contribution in [0.4, 0.5) is 9.93 Å². The summed E-state index contributed by atoms with van der Waals surface area (Å²) in [5.74, 6) is -3.04. The molecule has 12 rings (SSSR count). The van der Waals surface area contributed by atoms with Gasteiger partial charge in [0.15, 0.2) is 16.9 Å². The molecular weight excluding hydrogens is 1180 g/mol. The molecule has 7 aromatic rings. The monoisotopic (exact) mass is 1260 g/mol. The summed E-state index contributed by atoms with van der Waals surface area (Å²) in [7, 11) is 0. The van der Waals surface area contributed by atoms with Gasteiger partial charge >= 0.3 is 18.0 Å². The summed E-state index contributed by atoms with van der Waals surface area (Å²) in [6, 6.07) is 23.3. The maximum Gasteiger partial charge on any atom is 0.407 e. The SMILES string of the molecule is Cc1c(-c2ccc(-c3cnc4cccc(C(=O)Nc5nc6ccccc6s5)c4c3)nc2C(=O)O)cnn1CC12CC3(C)CC(C)(C1)CC(OCCNC(=O)OCc1cc(CCCOCCOCCOCCN)ccc1OC1O[C@H](C(=O)O)[C@@H](O)[C@H](O)[C@H]1O)(C3)C2. The minimum absolute atomic E-state index is 0.0313. The van der Waals surface area contributed by atoms with E-state index in [1.165, 1.54) is 11.3 Å². The van der Waals surface area contributed by atoms with Crippen molar-refractivity contribution in [2.75, 3.05) is 64.7 Å². The summed E-state index contributed by atoms with van der Waals surface area (Å²) in [6.45, 7) is 10.3. The number of aliphatic hydroxyl groups excluding tert-OH is 3. The number of aliphatic hydroxyl groups is 3. The Kier molecular flexibility index (Phi) is 19.3. The number of ether oxygens (including phenoxy) is 7. The smallest absolute Gasteiger partial charge is 0.407 e. The molecule has 0 radical (unpaired) electrons. The number of carboxylic acid groups (broad SMARTS) is 2. The van der Waals surface area contributed by atoms with Crippen molar-refractivity contribution in [1.29, 1.82) is 0 Å². The number of para-hydroxylation sites is 1. The number of aliphatic carboxylic acids is 1. The number of carboxylic acids is 2. The van der Waals surface area contributed by atoms with E-state index in [-0.39, 0.29) is 53.4 Å². The first-order valence-electron chi connectivity index (χ1n) is 30.3. The van der Waals surface area contributed by atoms with Crippen LogP contribution in [0, 0.1) is 23.2 Å². The fourth-order valence-electron chi connectivity index (χ4n) is 14.8. The molecule has 2 amide bonds. The maximum atomic E-state index is 13.7. The van der Waals surface area contributed by atoms with Gasteiger partial charge in [-0.25, -0.2) is 24.4 Å². The average molecular weight is 1260 g/mol. The zero-order chi connectivity index (χ0) is 63.4. The molecule has 5 aliphatic rings. The molecule has 3 unspecified atom stereocenters. The van der Waals surface area contributed by atoms with Gasteiger partial charge in [-0.15, -0.1) is 0 Å². The van der Waals surface area contributed by atoms with Gasteiger partial charge in [0.1, 0.15) is 30.7 Å². The van der Waals surface area contributed by atoms with E-state index < -0.39 is 54.3 Å². The summed E-state index contributed by atoms with van der Waals surface area (Å²) in [5.41, 5.74) is 10.3. The Balaban J connectivity index is 0.725. The number of alkyl carbamates (subject to hydrolysis) is 1. The highest BCUT2D eigenvalue weighted by Gasteiger charge is 2.66. The summed E-state index contributed by atoms with van der Waals surface area (Å²) in [4.78, 5) is 66.0. The number of carbonyl (C=O) groups excluding carboxylic acids is 2. The second kappa shape index (κ2) is 27.1. The number of pyridine rings is 2. The van der Waals surface area contributed by atoms with Crippen LogP contribution in [-0.2, 0) is 52.8 Å². The number of nitrogens with zero attached hydrogens (tertiary/aromatic N) is 5. The first-order valence-corrected chi connectivity index (χ1v) is 31.1.